The van der Waals surface area contributed by atoms with Crippen LogP contribution in [0.5, 0.6) is 0 Å². The third kappa shape index (κ3) is 2.60. The number of sulfonamides is 1. The van der Waals surface area contributed by atoms with Crippen molar-refractivity contribution in [1.82, 2.24) is 4.31 Å². The predicted octanol–water partition coefficient (Wildman–Crippen LogP) is 2.05. The van der Waals surface area contributed by atoms with E-state index in [4.69, 9.17) is 18.0 Å². The predicted molar refractivity (Wildman–Crippen MR) is 86.7 cm³/mol. The van der Waals surface area contributed by atoms with E-state index in [-0.39, 0.29) is 4.99 Å². The summed E-state index contributed by atoms with van der Waals surface area (Å²) in [7, 11) is -3.40. The molecule has 0 radical (unpaired) electrons. The molecule has 2 unspecified atom stereocenters. The van der Waals surface area contributed by atoms with Crippen molar-refractivity contribution >= 4 is 27.2 Å². The number of nitrogens with two attached hydrogens (primary N) is 1. The Balaban J connectivity index is 1.90. The van der Waals surface area contributed by atoms with Gasteiger partial charge in [-0.2, -0.15) is 4.31 Å². The molecular weight excluding hydrogens is 304 g/mol. The molecule has 0 amide bonds. The average molecular weight is 324 g/mol. The Morgan fingerprint density at radius 3 is 2.43 bits per heavy atom. The van der Waals surface area contributed by atoms with Crippen LogP contribution in [0.2, 0.25) is 0 Å². The molecule has 3 rings (SSSR count). The lowest BCUT2D eigenvalue weighted by atomic mass is 10.0. The highest BCUT2D eigenvalue weighted by molar-refractivity contribution is 7.89. The van der Waals surface area contributed by atoms with Gasteiger partial charge in [-0.15, -0.1) is 0 Å². The first-order valence-electron chi connectivity index (χ1n) is 7.30. The smallest absolute Gasteiger partial charge is 0.243 e. The normalized spacial score (nSPS) is 26.0. The van der Waals surface area contributed by atoms with Gasteiger partial charge in [0.2, 0.25) is 10.0 Å². The second kappa shape index (κ2) is 5.34. The van der Waals surface area contributed by atoms with Crippen molar-refractivity contribution in [3.8, 4) is 0 Å². The topological polar surface area (TPSA) is 63.4 Å². The van der Waals surface area contributed by atoms with E-state index in [1.165, 1.54) is 6.42 Å². The second-order valence-electron chi connectivity index (χ2n) is 6.12. The maximum atomic E-state index is 12.8. The van der Waals surface area contributed by atoms with Crippen molar-refractivity contribution < 1.29 is 8.42 Å². The van der Waals surface area contributed by atoms with Crippen molar-refractivity contribution in [2.24, 2.45) is 17.6 Å². The van der Waals surface area contributed by atoms with E-state index in [1.54, 1.807) is 29.4 Å². The lowest BCUT2D eigenvalue weighted by Gasteiger charge is -2.19. The first-order valence-corrected chi connectivity index (χ1v) is 9.15. The summed E-state index contributed by atoms with van der Waals surface area (Å²) in [6.07, 6.45) is 3.57. The van der Waals surface area contributed by atoms with Gasteiger partial charge in [-0.1, -0.05) is 24.7 Å². The SMILES string of the molecule is Cc1cc(C(N)=S)ccc1S(=O)(=O)N1CC2CCCC2C1. The molecule has 0 bridgehead atoms. The quantitative estimate of drug-likeness (QED) is 0.864. The van der Waals surface area contributed by atoms with Crippen LogP contribution < -0.4 is 5.73 Å². The molecule has 4 nitrogen and oxygen atoms in total. The van der Waals surface area contributed by atoms with Crippen LogP contribution in [0.15, 0.2) is 23.1 Å². The monoisotopic (exact) mass is 324 g/mol. The van der Waals surface area contributed by atoms with Crippen molar-refractivity contribution in [2.45, 2.75) is 31.1 Å². The molecule has 21 heavy (non-hydrogen) atoms. The van der Waals surface area contributed by atoms with Gasteiger partial charge < -0.3 is 5.73 Å². The first kappa shape index (κ1) is 14.9. The molecule has 0 aromatic heterocycles. The van der Waals surface area contributed by atoms with Gasteiger partial charge in [-0.05, 0) is 49.3 Å². The van der Waals surface area contributed by atoms with Crippen LogP contribution in [0.3, 0.4) is 0 Å². The zero-order chi connectivity index (χ0) is 15.2. The Kier molecular flexibility index (Phi) is 3.80. The van der Waals surface area contributed by atoms with E-state index in [2.05, 4.69) is 0 Å². The molecular formula is C15H20N2O2S2. The summed E-state index contributed by atoms with van der Waals surface area (Å²) in [4.78, 5) is 0.667. The number of rotatable bonds is 3. The van der Waals surface area contributed by atoms with Crippen LogP contribution in [-0.2, 0) is 10.0 Å². The molecule has 114 valence electrons. The number of benzene rings is 1. The molecule has 2 aliphatic rings. The van der Waals surface area contributed by atoms with Gasteiger partial charge in [0.05, 0.1) is 4.90 Å². The number of thiocarbonyl (C=S) groups is 1. The number of hydrogen-bond donors (Lipinski definition) is 1. The van der Waals surface area contributed by atoms with Crippen LogP contribution in [0, 0.1) is 18.8 Å². The van der Waals surface area contributed by atoms with E-state index in [0.29, 0.717) is 40.9 Å². The summed E-state index contributed by atoms with van der Waals surface area (Å²) in [6, 6.07) is 5.08. The standard InChI is InChI=1S/C15H20N2O2S2/c1-10-7-11(15(16)20)5-6-14(10)21(18,19)17-8-12-3-2-4-13(12)9-17/h5-7,12-13H,2-4,8-9H2,1H3,(H2,16,20). The summed E-state index contributed by atoms with van der Waals surface area (Å²) in [5.74, 6) is 1.10. The number of nitrogens with zero attached hydrogens (tertiary/aromatic N) is 1. The van der Waals surface area contributed by atoms with Crippen molar-refractivity contribution in [3.05, 3.63) is 29.3 Å². The molecule has 1 aromatic carbocycles. The maximum absolute atomic E-state index is 12.8. The van der Waals surface area contributed by atoms with Crippen LogP contribution >= 0.6 is 12.2 Å². The van der Waals surface area contributed by atoms with Crippen LogP contribution in [0.25, 0.3) is 0 Å². The number of aryl methyl sites for hydroxylation is 1. The zero-order valence-corrected chi connectivity index (χ0v) is 13.7. The van der Waals surface area contributed by atoms with Gasteiger partial charge in [0.25, 0.3) is 0 Å². The number of hydrogen-bond acceptors (Lipinski definition) is 3. The largest absolute Gasteiger partial charge is 0.389 e. The van der Waals surface area contributed by atoms with E-state index >= 15 is 0 Å². The van der Waals surface area contributed by atoms with Crippen molar-refractivity contribution in [2.75, 3.05) is 13.1 Å². The van der Waals surface area contributed by atoms with Gasteiger partial charge >= 0.3 is 0 Å². The highest BCUT2D eigenvalue weighted by Gasteiger charge is 2.41. The molecule has 0 spiro atoms. The minimum atomic E-state index is -3.40. The minimum absolute atomic E-state index is 0.290. The van der Waals surface area contributed by atoms with Crippen LogP contribution in [0.4, 0.5) is 0 Å². The second-order valence-corrected chi connectivity index (χ2v) is 8.46. The summed E-state index contributed by atoms with van der Waals surface area (Å²) >= 11 is 4.94. The molecule has 2 atom stereocenters. The van der Waals surface area contributed by atoms with Gasteiger partial charge in [0, 0.05) is 18.7 Å². The molecule has 1 aromatic rings. The Hall–Kier alpha value is -0.980. The molecule has 2 fully saturated rings. The van der Waals surface area contributed by atoms with Crippen molar-refractivity contribution in [3.63, 3.8) is 0 Å². The Morgan fingerprint density at radius 1 is 1.29 bits per heavy atom. The van der Waals surface area contributed by atoms with Crippen LogP contribution in [0.1, 0.15) is 30.4 Å². The molecule has 1 saturated carbocycles. The fourth-order valence-corrected chi connectivity index (χ4v) is 5.51. The summed E-state index contributed by atoms with van der Waals surface area (Å²) in [6.45, 7) is 3.14. The molecule has 1 saturated heterocycles. The van der Waals surface area contributed by atoms with Crippen LogP contribution in [-0.4, -0.2) is 30.8 Å². The van der Waals surface area contributed by atoms with Gasteiger partial charge in [0.15, 0.2) is 0 Å². The summed E-state index contributed by atoms with van der Waals surface area (Å²) in [5.41, 5.74) is 7.01. The molecule has 1 heterocycles. The Bertz CT molecular complexity index is 673. The maximum Gasteiger partial charge on any atom is 0.243 e. The zero-order valence-electron chi connectivity index (χ0n) is 12.1. The van der Waals surface area contributed by atoms with Crippen molar-refractivity contribution in [1.29, 1.82) is 0 Å². The van der Waals surface area contributed by atoms with E-state index in [0.717, 1.165) is 12.8 Å². The minimum Gasteiger partial charge on any atom is -0.389 e. The lowest BCUT2D eigenvalue weighted by molar-refractivity contribution is 0.445. The van der Waals surface area contributed by atoms with Gasteiger partial charge in [-0.3, -0.25) is 0 Å². The Labute approximate surface area is 131 Å². The van der Waals surface area contributed by atoms with E-state index in [1.807, 2.05) is 0 Å². The van der Waals surface area contributed by atoms with Gasteiger partial charge in [-0.25, -0.2) is 8.42 Å². The fraction of sp³-hybridized carbons (Fsp3) is 0.533. The summed E-state index contributed by atoms with van der Waals surface area (Å²) < 4.78 is 27.3. The molecule has 1 aliphatic heterocycles. The fourth-order valence-electron chi connectivity index (χ4n) is 3.62. The Morgan fingerprint density at radius 2 is 1.90 bits per heavy atom. The highest BCUT2D eigenvalue weighted by Crippen LogP contribution is 2.40. The highest BCUT2D eigenvalue weighted by atomic mass is 32.2. The summed E-state index contributed by atoms with van der Waals surface area (Å²) in [5, 5.41) is 0. The van der Waals surface area contributed by atoms with E-state index in [9.17, 15) is 8.42 Å². The molecule has 2 N–H and O–H groups in total. The average Bonchev–Trinajstić information content (AvgIpc) is 2.98. The lowest BCUT2D eigenvalue weighted by Crippen LogP contribution is -2.30. The first-order chi connectivity index (χ1) is 9.89. The molecule has 1 aliphatic carbocycles. The third-order valence-electron chi connectivity index (χ3n) is 4.77. The van der Waals surface area contributed by atoms with E-state index < -0.39 is 10.0 Å². The third-order valence-corrected chi connectivity index (χ3v) is 7.00. The van der Waals surface area contributed by atoms with Gasteiger partial charge in [0.1, 0.15) is 4.99 Å². The number of fused-ring (bicyclic) bond motifs is 1. The molecule has 6 heteroatoms.